The smallest absolute Gasteiger partial charge is 0.118 e. The molecule has 0 heterocycles. The van der Waals surface area contributed by atoms with Gasteiger partial charge in [0.1, 0.15) is 5.75 Å². The first kappa shape index (κ1) is 14.1. The van der Waals surface area contributed by atoms with Crippen molar-refractivity contribution >= 4 is 15.9 Å². The van der Waals surface area contributed by atoms with Crippen molar-refractivity contribution in [2.45, 2.75) is 12.3 Å². The Bertz CT molecular complexity index is 525. The zero-order valence-electron chi connectivity index (χ0n) is 11.0. The Morgan fingerprint density at radius 3 is 2.37 bits per heavy atom. The van der Waals surface area contributed by atoms with E-state index in [0.29, 0.717) is 12.5 Å². The van der Waals surface area contributed by atoms with Crippen LogP contribution < -0.4 is 10.5 Å². The lowest BCUT2D eigenvalue weighted by atomic mass is 9.92. The summed E-state index contributed by atoms with van der Waals surface area (Å²) < 4.78 is 6.30. The lowest BCUT2D eigenvalue weighted by molar-refractivity contribution is 0.414. The molecule has 0 saturated heterocycles. The third-order valence-corrected chi connectivity index (χ3v) is 3.99. The first-order valence-electron chi connectivity index (χ1n) is 6.32. The van der Waals surface area contributed by atoms with Crippen molar-refractivity contribution in [1.82, 2.24) is 0 Å². The van der Waals surface area contributed by atoms with Gasteiger partial charge >= 0.3 is 0 Å². The summed E-state index contributed by atoms with van der Waals surface area (Å²) in [5, 5.41) is 0. The van der Waals surface area contributed by atoms with E-state index in [4.69, 9.17) is 10.5 Å². The van der Waals surface area contributed by atoms with Crippen LogP contribution in [-0.4, -0.2) is 13.7 Å². The van der Waals surface area contributed by atoms with Crippen molar-refractivity contribution in [1.29, 1.82) is 0 Å². The summed E-state index contributed by atoms with van der Waals surface area (Å²) in [6.07, 6.45) is 0.934. The van der Waals surface area contributed by atoms with Gasteiger partial charge in [0.05, 0.1) is 7.11 Å². The molecule has 2 aromatic rings. The summed E-state index contributed by atoms with van der Waals surface area (Å²) in [6.45, 7) is 0.634. The van der Waals surface area contributed by atoms with E-state index in [1.165, 1.54) is 11.1 Å². The van der Waals surface area contributed by atoms with Crippen molar-refractivity contribution in [2.75, 3.05) is 13.7 Å². The van der Waals surface area contributed by atoms with E-state index in [-0.39, 0.29) is 0 Å². The molecule has 0 spiro atoms. The fourth-order valence-electron chi connectivity index (χ4n) is 2.17. The van der Waals surface area contributed by atoms with E-state index in [9.17, 15) is 0 Å². The van der Waals surface area contributed by atoms with Gasteiger partial charge in [-0.05, 0) is 42.3 Å². The molecule has 0 fully saturated rings. The SMILES string of the molecule is COc1ccc(CC(CN)c2ccccc2Br)cc1. The van der Waals surface area contributed by atoms with Crippen LogP contribution in [0.1, 0.15) is 17.0 Å². The summed E-state index contributed by atoms with van der Waals surface area (Å²) >= 11 is 3.60. The molecule has 2 nitrogen and oxygen atoms in total. The summed E-state index contributed by atoms with van der Waals surface area (Å²) in [6, 6.07) is 16.4. The van der Waals surface area contributed by atoms with Gasteiger partial charge < -0.3 is 10.5 Å². The van der Waals surface area contributed by atoms with Crippen LogP contribution in [0.25, 0.3) is 0 Å². The zero-order chi connectivity index (χ0) is 13.7. The highest BCUT2D eigenvalue weighted by Crippen LogP contribution is 2.27. The maximum atomic E-state index is 5.93. The molecule has 0 aliphatic heterocycles. The van der Waals surface area contributed by atoms with E-state index in [0.717, 1.165) is 16.6 Å². The van der Waals surface area contributed by atoms with Crippen LogP contribution in [0.2, 0.25) is 0 Å². The highest BCUT2D eigenvalue weighted by Gasteiger charge is 2.13. The van der Waals surface area contributed by atoms with Crippen molar-refractivity contribution in [2.24, 2.45) is 5.73 Å². The Kier molecular flexibility index (Phi) is 5.00. The van der Waals surface area contributed by atoms with Crippen molar-refractivity contribution < 1.29 is 4.74 Å². The third-order valence-electron chi connectivity index (χ3n) is 3.27. The van der Waals surface area contributed by atoms with Crippen molar-refractivity contribution in [3.63, 3.8) is 0 Å². The van der Waals surface area contributed by atoms with Gasteiger partial charge in [0, 0.05) is 10.4 Å². The van der Waals surface area contributed by atoms with Gasteiger partial charge in [-0.3, -0.25) is 0 Å². The molecule has 19 heavy (non-hydrogen) atoms. The number of hydrogen-bond acceptors (Lipinski definition) is 2. The van der Waals surface area contributed by atoms with E-state index >= 15 is 0 Å². The van der Waals surface area contributed by atoms with Crippen LogP contribution >= 0.6 is 15.9 Å². The standard InChI is InChI=1S/C16H18BrNO/c1-19-14-8-6-12(7-9-14)10-13(11-18)15-4-2-3-5-16(15)17/h2-9,13H,10-11,18H2,1H3. The van der Waals surface area contributed by atoms with E-state index in [1.54, 1.807) is 7.11 Å². The van der Waals surface area contributed by atoms with Crippen LogP contribution in [0.4, 0.5) is 0 Å². The first-order chi connectivity index (χ1) is 9.24. The zero-order valence-corrected chi connectivity index (χ0v) is 12.6. The molecule has 0 bridgehead atoms. The number of nitrogens with two attached hydrogens (primary N) is 1. The minimum absolute atomic E-state index is 0.323. The van der Waals surface area contributed by atoms with Gasteiger partial charge in [-0.1, -0.05) is 46.3 Å². The average Bonchev–Trinajstić information content (AvgIpc) is 2.46. The molecule has 2 N–H and O–H groups in total. The van der Waals surface area contributed by atoms with E-state index in [1.807, 2.05) is 18.2 Å². The monoisotopic (exact) mass is 319 g/mol. The minimum atomic E-state index is 0.323. The molecule has 3 heteroatoms. The molecule has 0 aliphatic carbocycles. The Labute approximate surface area is 122 Å². The molecule has 1 unspecified atom stereocenters. The molecular formula is C16H18BrNO. The fourth-order valence-corrected chi connectivity index (χ4v) is 2.78. The fraction of sp³-hybridized carbons (Fsp3) is 0.250. The second kappa shape index (κ2) is 6.73. The molecule has 1 atom stereocenters. The summed E-state index contributed by atoms with van der Waals surface area (Å²) in [5.74, 6) is 1.21. The molecular weight excluding hydrogens is 302 g/mol. The van der Waals surface area contributed by atoms with Crippen LogP contribution in [-0.2, 0) is 6.42 Å². The average molecular weight is 320 g/mol. The number of hydrogen-bond donors (Lipinski definition) is 1. The molecule has 0 amide bonds. The second-order valence-corrected chi connectivity index (χ2v) is 5.36. The van der Waals surface area contributed by atoms with Crippen LogP contribution in [0.3, 0.4) is 0 Å². The molecule has 2 aromatic carbocycles. The molecule has 0 radical (unpaired) electrons. The maximum absolute atomic E-state index is 5.93. The van der Waals surface area contributed by atoms with Crippen molar-refractivity contribution in [3.8, 4) is 5.75 Å². The lowest BCUT2D eigenvalue weighted by Gasteiger charge is -2.17. The van der Waals surface area contributed by atoms with Gasteiger partial charge in [0.25, 0.3) is 0 Å². The molecule has 0 aromatic heterocycles. The number of benzene rings is 2. The lowest BCUT2D eigenvalue weighted by Crippen LogP contribution is -2.15. The normalized spacial score (nSPS) is 12.2. The van der Waals surface area contributed by atoms with Gasteiger partial charge in [-0.2, -0.15) is 0 Å². The Morgan fingerprint density at radius 2 is 1.79 bits per heavy atom. The van der Waals surface area contributed by atoms with E-state index in [2.05, 4.69) is 46.3 Å². The highest BCUT2D eigenvalue weighted by molar-refractivity contribution is 9.10. The highest BCUT2D eigenvalue weighted by atomic mass is 79.9. The van der Waals surface area contributed by atoms with Crippen LogP contribution in [0, 0.1) is 0 Å². The van der Waals surface area contributed by atoms with Crippen molar-refractivity contribution in [3.05, 3.63) is 64.1 Å². The van der Waals surface area contributed by atoms with E-state index < -0.39 is 0 Å². The van der Waals surface area contributed by atoms with Crippen LogP contribution in [0.5, 0.6) is 5.75 Å². The number of rotatable bonds is 5. The largest absolute Gasteiger partial charge is 0.497 e. The number of halogens is 1. The molecule has 2 rings (SSSR count). The second-order valence-electron chi connectivity index (χ2n) is 4.51. The topological polar surface area (TPSA) is 35.2 Å². The Hall–Kier alpha value is -1.32. The summed E-state index contributed by atoms with van der Waals surface area (Å²) in [5.41, 5.74) is 8.47. The molecule has 0 saturated carbocycles. The molecule has 100 valence electrons. The van der Waals surface area contributed by atoms with Crippen LogP contribution in [0.15, 0.2) is 53.0 Å². The minimum Gasteiger partial charge on any atom is -0.497 e. The Morgan fingerprint density at radius 1 is 1.11 bits per heavy atom. The van der Waals surface area contributed by atoms with Gasteiger partial charge in [-0.15, -0.1) is 0 Å². The number of ether oxygens (including phenoxy) is 1. The first-order valence-corrected chi connectivity index (χ1v) is 7.11. The number of methoxy groups -OCH3 is 1. The molecule has 0 aliphatic rings. The van der Waals surface area contributed by atoms with Gasteiger partial charge in [-0.25, -0.2) is 0 Å². The third kappa shape index (κ3) is 3.58. The van der Waals surface area contributed by atoms with Gasteiger partial charge in [0.2, 0.25) is 0 Å². The predicted molar refractivity (Wildman–Crippen MR) is 82.6 cm³/mol. The summed E-state index contributed by atoms with van der Waals surface area (Å²) in [4.78, 5) is 0. The van der Waals surface area contributed by atoms with Gasteiger partial charge in [0.15, 0.2) is 0 Å². The maximum Gasteiger partial charge on any atom is 0.118 e. The summed E-state index contributed by atoms with van der Waals surface area (Å²) in [7, 11) is 1.68. The Balaban J connectivity index is 2.17. The quantitative estimate of drug-likeness (QED) is 0.911. The predicted octanol–water partition coefficient (Wildman–Crippen LogP) is 3.74.